The van der Waals surface area contributed by atoms with E-state index < -0.39 is 0 Å². The summed E-state index contributed by atoms with van der Waals surface area (Å²) in [5.74, 6) is 0.706. The Hall–Kier alpha value is -3.40. The first kappa shape index (κ1) is 17.0. The zero-order valence-corrected chi connectivity index (χ0v) is 15.3. The first-order valence-electron chi connectivity index (χ1n) is 8.83. The van der Waals surface area contributed by atoms with E-state index in [1.165, 1.54) is 0 Å². The fourth-order valence-electron chi connectivity index (χ4n) is 3.37. The van der Waals surface area contributed by atoms with E-state index in [-0.39, 0.29) is 12.5 Å². The summed E-state index contributed by atoms with van der Waals surface area (Å²) >= 11 is 0. The van der Waals surface area contributed by atoms with Crippen LogP contribution in [0.25, 0.3) is 11.1 Å². The third-order valence-corrected chi connectivity index (χ3v) is 4.83. The minimum Gasteiger partial charge on any atom is -0.496 e. The van der Waals surface area contributed by atoms with E-state index in [1.807, 2.05) is 54.6 Å². The lowest BCUT2D eigenvalue weighted by molar-refractivity contribution is -0.116. The van der Waals surface area contributed by atoms with E-state index in [2.05, 4.69) is 23.2 Å². The van der Waals surface area contributed by atoms with Crippen LogP contribution >= 0.6 is 0 Å². The predicted molar refractivity (Wildman–Crippen MR) is 109 cm³/mol. The first-order valence-corrected chi connectivity index (χ1v) is 8.83. The van der Waals surface area contributed by atoms with Crippen LogP contribution in [-0.4, -0.2) is 32.3 Å². The molecule has 0 aromatic heterocycles. The van der Waals surface area contributed by atoms with Crippen molar-refractivity contribution < 1.29 is 9.53 Å². The molecule has 27 heavy (non-hydrogen) atoms. The Bertz CT molecular complexity index is 1030. The molecule has 0 unspecified atom stereocenters. The third-order valence-electron chi connectivity index (χ3n) is 4.83. The van der Waals surface area contributed by atoms with Crippen LogP contribution < -0.4 is 9.64 Å². The highest BCUT2D eigenvalue weighted by Crippen LogP contribution is 2.33. The fourth-order valence-corrected chi connectivity index (χ4v) is 3.37. The van der Waals surface area contributed by atoms with Crippen LogP contribution in [0.4, 0.5) is 5.69 Å². The van der Waals surface area contributed by atoms with Gasteiger partial charge in [0.15, 0.2) is 0 Å². The van der Waals surface area contributed by atoms with Crippen molar-refractivity contribution in [3.05, 3.63) is 83.9 Å². The average molecular weight is 356 g/mol. The zero-order chi connectivity index (χ0) is 18.8. The number of ether oxygens (including phenoxy) is 1. The summed E-state index contributed by atoms with van der Waals surface area (Å²) in [4.78, 5) is 18.8. The van der Waals surface area contributed by atoms with Crippen LogP contribution in [0.5, 0.6) is 5.75 Å². The zero-order valence-electron chi connectivity index (χ0n) is 15.3. The molecule has 0 saturated carbocycles. The van der Waals surface area contributed by atoms with Gasteiger partial charge in [-0.25, -0.2) is 0 Å². The van der Waals surface area contributed by atoms with Gasteiger partial charge >= 0.3 is 0 Å². The average Bonchev–Trinajstić information content (AvgIpc) is 2.85. The van der Waals surface area contributed by atoms with Gasteiger partial charge in [-0.15, -0.1) is 0 Å². The van der Waals surface area contributed by atoms with Crippen LogP contribution in [0.15, 0.2) is 77.8 Å². The number of carbonyl (C=O) groups is 1. The maximum absolute atomic E-state index is 12.5. The lowest BCUT2D eigenvalue weighted by Gasteiger charge is -2.19. The number of likely N-dealkylation sites (N-methyl/N-ethyl adjacent to an activating group) is 1. The van der Waals surface area contributed by atoms with Crippen molar-refractivity contribution >= 4 is 17.3 Å². The van der Waals surface area contributed by atoms with Crippen molar-refractivity contribution in [3.8, 4) is 16.9 Å². The third kappa shape index (κ3) is 3.10. The normalized spacial score (nSPS) is 13.6. The Labute approximate surface area is 158 Å². The standard InChI is InChI=1S/C23H20N2O2/c1-25-20-13-12-17(16-8-4-3-5-9-16)14-19(20)23(24-15-22(25)26)18-10-6-7-11-21(18)27-2/h3-14H,15H2,1-2H3. The maximum atomic E-state index is 12.5. The highest BCUT2D eigenvalue weighted by Gasteiger charge is 2.24. The molecule has 3 aromatic carbocycles. The lowest BCUT2D eigenvalue weighted by atomic mass is 9.95. The molecule has 3 aromatic rings. The van der Waals surface area contributed by atoms with Gasteiger partial charge in [0.25, 0.3) is 0 Å². The van der Waals surface area contributed by atoms with Gasteiger partial charge in [-0.05, 0) is 35.4 Å². The van der Waals surface area contributed by atoms with Gasteiger partial charge in [-0.2, -0.15) is 0 Å². The largest absolute Gasteiger partial charge is 0.496 e. The molecule has 0 N–H and O–H groups in total. The molecule has 0 fully saturated rings. The SMILES string of the molecule is COc1ccccc1C1=NCC(=O)N(C)c2ccc(-c3ccccc3)cc21. The Balaban J connectivity index is 1.94. The number of carbonyl (C=O) groups excluding carboxylic acids is 1. The second-order valence-corrected chi connectivity index (χ2v) is 6.42. The van der Waals surface area contributed by atoms with Crippen molar-refractivity contribution in [3.63, 3.8) is 0 Å². The predicted octanol–water partition coefficient (Wildman–Crippen LogP) is 4.18. The molecule has 0 bridgehead atoms. The number of anilines is 1. The number of nitrogens with zero attached hydrogens (tertiary/aromatic N) is 2. The molecule has 1 amide bonds. The molecule has 0 saturated heterocycles. The van der Waals surface area contributed by atoms with E-state index in [0.29, 0.717) is 0 Å². The van der Waals surface area contributed by atoms with E-state index >= 15 is 0 Å². The minimum absolute atomic E-state index is 0.0337. The van der Waals surface area contributed by atoms with Crippen molar-refractivity contribution in [2.45, 2.75) is 0 Å². The molecule has 4 nitrogen and oxygen atoms in total. The molecule has 0 spiro atoms. The summed E-state index contributed by atoms with van der Waals surface area (Å²) in [6.45, 7) is 0.110. The molecule has 1 aliphatic rings. The quantitative estimate of drug-likeness (QED) is 0.707. The van der Waals surface area contributed by atoms with E-state index in [0.717, 1.165) is 39.4 Å². The Morgan fingerprint density at radius 2 is 1.63 bits per heavy atom. The summed E-state index contributed by atoms with van der Waals surface area (Å²) in [7, 11) is 3.44. The van der Waals surface area contributed by atoms with Gasteiger partial charge in [0.2, 0.25) is 5.91 Å². The summed E-state index contributed by atoms with van der Waals surface area (Å²) in [5, 5.41) is 0. The van der Waals surface area contributed by atoms with Gasteiger partial charge in [0, 0.05) is 18.2 Å². The molecule has 4 heteroatoms. The van der Waals surface area contributed by atoms with Crippen molar-refractivity contribution in [2.24, 2.45) is 4.99 Å². The topological polar surface area (TPSA) is 41.9 Å². The molecule has 0 aliphatic carbocycles. The number of benzene rings is 3. The van der Waals surface area contributed by atoms with Gasteiger partial charge in [0.05, 0.1) is 18.5 Å². The maximum Gasteiger partial charge on any atom is 0.248 e. The number of methoxy groups -OCH3 is 1. The fraction of sp³-hybridized carbons (Fsp3) is 0.130. The summed E-state index contributed by atoms with van der Waals surface area (Å²) in [6.07, 6.45) is 0. The Kier molecular flexibility index (Phi) is 4.47. The smallest absolute Gasteiger partial charge is 0.248 e. The Morgan fingerprint density at radius 1 is 0.889 bits per heavy atom. The van der Waals surface area contributed by atoms with Crippen LogP contribution in [-0.2, 0) is 4.79 Å². The number of rotatable bonds is 3. The van der Waals surface area contributed by atoms with E-state index in [1.54, 1.807) is 19.1 Å². The summed E-state index contributed by atoms with van der Waals surface area (Å²) in [6, 6.07) is 24.1. The Morgan fingerprint density at radius 3 is 2.41 bits per heavy atom. The number of fused-ring (bicyclic) bond motifs is 1. The first-order chi connectivity index (χ1) is 13.2. The van der Waals surface area contributed by atoms with Crippen molar-refractivity contribution in [2.75, 3.05) is 25.6 Å². The highest BCUT2D eigenvalue weighted by molar-refractivity contribution is 6.21. The number of aliphatic imine (C=N–C) groups is 1. The number of hydrogen-bond donors (Lipinski definition) is 0. The van der Waals surface area contributed by atoms with E-state index in [9.17, 15) is 4.79 Å². The second kappa shape index (κ2) is 7.08. The van der Waals surface area contributed by atoms with Crippen molar-refractivity contribution in [1.29, 1.82) is 0 Å². The second-order valence-electron chi connectivity index (χ2n) is 6.42. The van der Waals surface area contributed by atoms with Gasteiger partial charge < -0.3 is 9.64 Å². The summed E-state index contributed by atoms with van der Waals surface area (Å²) < 4.78 is 5.54. The summed E-state index contributed by atoms with van der Waals surface area (Å²) in [5.41, 5.74) is 5.64. The molecule has 1 aliphatic heterocycles. The molecule has 0 atom stereocenters. The monoisotopic (exact) mass is 356 g/mol. The molecule has 1 heterocycles. The van der Waals surface area contributed by atoms with E-state index in [4.69, 9.17) is 4.74 Å². The number of benzodiazepines with no additional fused rings is 1. The lowest BCUT2D eigenvalue weighted by Crippen LogP contribution is -2.27. The minimum atomic E-state index is -0.0337. The van der Waals surface area contributed by atoms with Crippen molar-refractivity contribution in [1.82, 2.24) is 0 Å². The van der Waals surface area contributed by atoms with Crippen LogP contribution in [0.2, 0.25) is 0 Å². The highest BCUT2D eigenvalue weighted by atomic mass is 16.5. The van der Waals surface area contributed by atoms with Crippen LogP contribution in [0.1, 0.15) is 11.1 Å². The molecule has 4 rings (SSSR count). The molecular formula is C23H20N2O2. The molecule has 0 radical (unpaired) electrons. The van der Waals surface area contributed by atoms with Crippen LogP contribution in [0.3, 0.4) is 0 Å². The van der Waals surface area contributed by atoms with Gasteiger partial charge in [-0.3, -0.25) is 9.79 Å². The molecule has 134 valence electrons. The molecular weight excluding hydrogens is 336 g/mol. The number of amides is 1. The van der Waals surface area contributed by atoms with Gasteiger partial charge in [-0.1, -0.05) is 48.5 Å². The van der Waals surface area contributed by atoms with Crippen LogP contribution in [0, 0.1) is 0 Å². The van der Waals surface area contributed by atoms with Gasteiger partial charge in [0.1, 0.15) is 12.3 Å². The number of para-hydroxylation sites is 1. The number of hydrogen-bond acceptors (Lipinski definition) is 3.